The maximum Gasteiger partial charge on any atom is 0.117 e. The number of halogens is 1. The summed E-state index contributed by atoms with van der Waals surface area (Å²) in [7, 11) is 0. The number of piperidine rings is 1. The molecular weight excluding hydrogens is 294 g/mol. The highest BCUT2D eigenvalue weighted by Gasteiger charge is 2.22. The van der Waals surface area contributed by atoms with Gasteiger partial charge in [-0.05, 0) is 50.2 Å². The summed E-state index contributed by atoms with van der Waals surface area (Å²) in [5, 5.41) is 4.18. The maximum absolute atomic E-state index is 6.01. The van der Waals surface area contributed by atoms with Crippen molar-refractivity contribution < 1.29 is 0 Å². The van der Waals surface area contributed by atoms with E-state index in [0.717, 1.165) is 42.2 Å². The van der Waals surface area contributed by atoms with Gasteiger partial charge >= 0.3 is 0 Å². The van der Waals surface area contributed by atoms with E-state index < -0.39 is 0 Å². The fraction of sp³-hybridized carbons (Fsp3) is 0.278. The number of nitrogens with one attached hydrogen (secondary N) is 1. The predicted octanol–water partition coefficient (Wildman–Crippen LogP) is 4.12. The molecule has 0 unspecified atom stereocenters. The van der Waals surface area contributed by atoms with Gasteiger partial charge in [-0.3, -0.25) is 0 Å². The van der Waals surface area contributed by atoms with Gasteiger partial charge in [0.25, 0.3) is 0 Å². The topological polar surface area (TPSA) is 29.3 Å². The van der Waals surface area contributed by atoms with Crippen LogP contribution in [0.4, 0.5) is 0 Å². The lowest BCUT2D eigenvalue weighted by atomic mass is 9.97. The molecule has 1 fully saturated rings. The van der Waals surface area contributed by atoms with Crippen molar-refractivity contribution in [3.63, 3.8) is 0 Å². The Hall–Kier alpha value is -1.84. The number of pyridine rings is 1. The number of imidazole rings is 1. The quantitative estimate of drug-likeness (QED) is 0.771. The Kier molecular flexibility index (Phi) is 3.60. The van der Waals surface area contributed by atoms with Crippen molar-refractivity contribution in [1.82, 2.24) is 14.7 Å². The molecule has 1 aromatic carbocycles. The van der Waals surface area contributed by atoms with Crippen molar-refractivity contribution in [3.05, 3.63) is 59.5 Å². The number of hydrogen-bond donors (Lipinski definition) is 1. The van der Waals surface area contributed by atoms with E-state index >= 15 is 0 Å². The smallest absolute Gasteiger partial charge is 0.117 e. The SMILES string of the molecule is Clc1ccc(-c2nc(C3CCNCC3)n3ccccc23)cc1. The third-order valence-electron chi connectivity index (χ3n) is 4.40. The van der Waals surface area contributed by atoms with Gasteiger partial charge in [-0.2, -0.15) is 0 Å². The van der Waals surface area contributed by atoms with Crippen molar-refractivity contribution in [2.24, 2.45) is 0 Å². The summed E-state index contributed by atoms with van der Waals surface area (Å²) in [6.07, 6.45) is 4.42. The number of benzene rings is 1. The lowest BCUT2D eigenvalue weighted by Gasteiger charge is -2.21. The van der Waals surface area contributed by atoms with E-state index in [0.29, 0.717) is 5.92 Å². The second kappa shape index (κ2) is 5.75. The number of nitrogens with zero attached hydrogens (tertiary/aromatic N) is 2. The molecule has 0 spiro atoms. The first kappa shape index (κ1) is 13.8. The molecule has 3 aromatic rings. The van der Waals surface area contributed by atoms with Crippen molar-refractivity contribution >= 4 is 17.1 Å². The van der Waals surface area contributed by atoms with E-state index in [9.17, 15) is 0 Å². The molecule has 4 rings (SSSR count). The molecule has 1 saturated heterocycles. The molecular formula is C18H18ClN3. The standard InChI is InChI=1S/C18H18ClN3/c19-15-6-4-13(5-7-15)17-16-3-1-2-12-22(16)18(21-17)14-8-10-20-11-9-14/h1-7,12,14,20H,8-11H2. The van der Waals surface area contributed by atoms with Crippen LogP contribution in [-0.4, -0.2) is 22.5 Å². The van der Waals surface area contributed by atoms with Gasteiger partial charge < -0.3 is 9.72 Å². The van der Waals surface area contributed by atoms with Gasteiger partial charge in [-0.25, -0.2) is 4.98 Å². The Morgan fingerprint density at radius 2 is 1.82 bits per heavy atom. The van der Waals surface area contributed by atoms with Gasteiger partial charge in [0.2, 0.25) is 0 Å². The molecule has 0 atom stereocenters. The normalized spacial score (nSPS) is 16.2. The second-order valence-corrected chi connectivity index (χ2v) is 6.24. The summed E-state index contributed by atoms with van der Waals surface area (Å²) in [4.78, 5) is 5.01. The van der Waals surface area contributed by atoms with Gasteiger partial charge in [0, 0.05) is 22.7 Å². The van der Waals surface area contributed by atoms with Gasteiger partial charge in [0.1, 0.15) is 5.82 Å². The summed E-state index contributed by atoms with van der Waals surface area (Å²) in [5.74, 6) is 1.71. The van der Waals surface area contributed by atoms with Crippen molar-refractivity contribution in [1.29, 1.82) is 0 Å². The van der Waals surface area contributed by atoms with E-state index in [4.69, 9.17) is 16.6 Å². The lowest BCUT2D eigenvalue weighted by Crippen LogP contribution is -2.27. The van der Waals surface area contributed by atoms with Crippen molar-refractivity contribution in [2.45, 2.75) is 18.8 Å². The molecule has 112 valence electrons. The first-order chi connectivity index (χ1) is 10.8. The van der Waals surface area contributed by atoms with Crippen LogP contribution in [0.25, 0.3) is 16.8 Å². The third kappa shape index (κ3) is 2.40. The Balaban J connectivity index is 1.86. The zero-order chi connectivity index (χ0) is 14.9. The van der Waals surface area contributed by atoms with Gasteiger partial charge in [0.15, 0.2) is 0 Å². The summed E-state index contributed by atoms with van der Waals surface area (Å²) in [6, 6.07) is 14.2. The second-order valence-electron chi connectivity index (χ2n) is 5.81. The summed E-state index contributed by atoms with van der Waals surface area (Å²) in [6.45, 7) is 2.14. The number of aromatic nitrogens is 2. The molecule has 3 nitrogen and oxygen atoms in total. The molecule has 0 radical (unpaired) electrons. The summed E-state index contributed by atoms with van der Waals surface area (Å²) in [5.41, 5.74) is 3.33. The van der Waals surface area contributed by atoms with Crippen LogP contribution in [0.5, 0.6) is 0 Å². The maximum atomic E-state index is 6.01. The Morgan fingerprint density at radius 3 is 2.59 bits per heavy atom. The minimum Gasteiger partial charge on any atom is -0.317 e. The average molecular weight is 312 g/mol. The minimum absolute atomic E-state index is 0.525. The monoisotopic (exact) mass is 311 g/mol. The molecule has 4 heteroatoms. The van der Waals surface area contributed by atoms with E-state index in [1.807, 2.05) is 24.3 Å². The van der Waals surface area contributed by atoms with E-state index in [1.54, 1.807) is 0 Å². The Labute approximate surface area is 134 Å². The first-order valence-corrected chi connectivity index (χ1v) is 8.14. The highest BCUT2D eigenvalue weighted by Crippen LogP contribution is 2.31. The molecule has 1 aliphatic rings. The van der Waals surface area contributed by atoms with Crippen molar-refractivity contribution in [3.8, 4) is 11.3 Å². The third-order valence-corrected chi connectivity index (χ3v) is 4.65. The van der Waals surface area contributed by atoms with Gasteiger partial charge in [0.05, 0.1) is 11.2 Å². The fourth-order valence-corrected chi connectivity index (χ4v) is 3.38. The van der Waals surface area contributed by atoms with E-state index in [-0.39, 0.29) is 0 Å². The molecule has 3 heterocycles. The molecule has 0 saturated carbocycles. The van der Waals surface area contributed by atoms with Crippen molar-refractivity contribution in [2.75, 3.05) is 13.1 Å². The number of rotatable bonds is 2. The fourth-order valence-electron chi connectivity index (χ4n) is 3.25. The first-order valence-electron chi connectivity index (χ1n) is 7.76. The minimum atomic E-state index is 0.525. The largest absolute Gasteiger partial charge is 0.317 e. The van der Waals surface area contributed by atoms with E-state index in [1.165, 1.54) is 11.3 Å². The van der Waals surface area contributed by atoms with Crippen LogP contribution in [0.1, 0.15) is 24.6 Å². The molecule has 22 heavy (non-hydrogen) atoms. The Bertz CT molecular complexity index is 786. The predicted molar refractivity (Wildman–Crippen MR) is 90.5 cm³/mol. The molecule has 2 aromatic heterocycles. The van der Waals surface area contributed by atoms with Crippen LogP contribution < -0.4 is 5.32 Å². The highest BCUT2D eigenvalue weighted by molar-refractivity contribution is 6.30. The summed E-state index contributed by atoms with van der Waals surface area (Å²) < 4.78 is 2.25. The number of hydrogen-bond acceptors (Lipinski definition) is 2. The highest BCUT2D eigenvalue weighted by atomic mass is 35.5. The zero-order valence-corrected chi connectivity index (χ0v) is 13.1. The van der Waals surface area contributed by atoms with Gasteiger partial charge in [-0.15, -0.1) is 0 Å². The Morgan fingerprint density at radius 1 is 1.05 bits per heavy atom. The van der Waals surface area contributed by atoms with E-state index in [2.05, 4.69) is 34.1 Å². The van der Waals surface area contributed by atoms with Crippen LogP contribution in [0.15, 0.2) is 48.7 Å². The van der Waals surface area contributed by atoms with Gasteiger partial charge in [-0.1, -0.05) is 29.8 Å². The molecule has 0 bridgehead atoms. The molecule has 1 aliphatic heterocycles. The van der Waals surface area contributed by atoms with Crippen LogP contribution in [0.2, 0.25) is 5.02 Å². The molecule has 1 N–H and O–H groups in total. The van der Waals surface area contributed by atoms with Crippen LogP contribution in [0, 0.1) is 0 Å². The zero-order valence-electron chi connectivity index (χ0n) is 12.3. The van der Waals surface area contributed by atoms with Crippen LogP contribution in [-0.2, 0) is 0 Å². The lowest BCUT2D eigenvalue weighted by molar-refractivity contribution is 0.444. The average Bonchev–Trinajstić information content (AvgIpc) is 2.96. The summed E-state index contributed by atoms with van der Waals surface area (Å²) >= 11 is 6.01. The van der Waals surface area contributed by atoms with Crippen LogP contribution >= 0.6 is 11.6 Å². The molecule has 0 amide bonds. The molecule has 0 aliphatic carbocycles. The van der Waals surface area contributed by atoms with Crippen LogP contribution in [0.3, 0.4) is 0 Å². The number of fused-ring (bicyclic) bond motifs is 1.